The number of aliphatic hydroxyl groups is 1. The van der Waals surface area contributed by atoms with E-state index in [1.165, 1.54) is 22.5 Å². The van der Waals surface area contributed by atoms with Gasteiger partial charge in [0.15, 0.2) is 0 Å². The Labute approximate surface area is 117 Å². The molecule has 1 N–H and O–H groups in total. The molecular weight excluding hydrogens is 256 g/mol. The number of hydrogen-bond donors (Lipinski definition) is 1. The molecule has 1 aromatic carbocycles. The average Bonchev–Trinajstić information content (AvgIpc) is 2.95. The summed E-state index contributed by atoms with van der Waals surface area (Å²) < 4.78 is 1.27. The molecule has 0 radical (unpaired) electrons. The molecule has 2 unspecified atom stereocenters. The first-order chi connectivity index (χ1) is 9.22. The maximum Gasteiger partial charge on any atom is 0.108 e. The van der Waals surface area contributed by atoms with Gasteiger partial charge in [-0.3, -0.25) is 4.90 Å². The topological polar surface area (TPSA) is 36.4 Å². The van der Waals surface area contributed by atoms with Crippen LogP contribution in [-0.4, -0.2) is 33.7 Å². The van der Waals surface area contributed by atoms with E-state index in [0.29, 0.717) is 6.04 Å². The number of aromatic nitrogens is 1. The number of nitrogens with zero attached hydrogens (tertiary/aromatic N) is 2. The zero-order valence-electron chi connectivity index (χ0n) is 11.2. The lowest BCUT2D eigenvalue weighted by molar-refractivity contribution is 0.131. The van der Waals surface area contributed by atoms with Crippen LogP contribution in [0.5, 0.6) is 0 Å². The fraction of sp³-hybridized carbons (Fsp3) is 0.533. The summed E-state index contributed by atoms with van der Waals surface area (Å²) in [5.74, 6) is 0. The molecule has 0 aliphatic carbocycles. The Hall–Kier alpha value is -0.970. The summed E-state index contributed by atoms with van der Waals surface area (Å²) in [5, 5.41) is 10.8. The van der Waals surface area contributed by atoms with Crippen LogP contribution in [0.2, 0.25) is 0 Å². The molecule has 1 saturated heterocycles. The summed E-state index contributed by atoms with van der Waals surface area (Å²) in [6, 6.07) is 8.83. The predicted molar refractivity (Wildman–Crippen MR) is 79.3 cm³/mol. The largest absolute Gasteiger partial charge is 0.393 e. The highest BCUT2D eigenvalue weighted by Gasteiger charge is 2.26. The van der Waals surface area contributed by atoms with Crippen LogP contribution in [0.1, 0.15) is 31.2 Å². The lowest BCUT2D eigenvalue weighted by Gasteiger charge is -2.24. The Kier molecular flexibility index (Phi) is 3.82. The van der Waals surface area contributed by atoms with Gasteiger partial charge in [0.2, 0.25) is 0 Å². The van der Waals surface area contributed by atoms with Crippen molar-refractivity contribution in [1.29, 1.82) is 0 Å². The van der Waals surface area contributed by atoms with Crippen LogP contribution in [0, 0.1) is 0 Å². The lowest BCUT2D eigenvalue weighted by Crippen LogP contribution is -2.31. The van der Waals surface area contributed by atoms with Gasteiger partial charge in [-0.1, -0.05) is 12.1 Å². The van der Waals surface area contributed by atoms with Gasteiger partial charge >= 0.3 is 0 Å². The lowest BCUT2D eigenvalue weighted by atomic mass is 10.1. The van der Waals surface area contributed by atoms with Gasteiger partial charge in [0.1, 0.15) is 5.01 Å². The van der Waals surface area contributed by atoms with Gasteiger partial charge in [-0.15, -0.1) is 11.3 Å². The van der Waals surface area contributed by atoms with E-state index < -0.39 is 0 Å². The smallest absolute Gasteiger partial charge is 0.108 e. The minimum absolute atomic E-state index is 0.207. The Morgan fingerprint density at radius 2 is 2.32 bits per heavy atom. The molecule has 3 rings (SSSR count). The molecule has 2 atom stereocenters. The summed E-state index contributed by atoms with van der Waals surface area (Å²) in [6.45, 7) is 3.94. The highest BCUT2D eigenvalue weighted by Crippen LogP contribution is 2.27. The van der Waals surface area contributed by atoms with Gasteiger partial charge in [-0.25, -0.2) is 4.98 Å². The van der Waals surface area contributed by atoms with E-state index in [1.807, 2.05) is 13.0 Å². The minimum atomic E-state index is -0.207. The minimum Gasteiger partial charge on any atom is -0.393 e. The first-order valence-corrected chi connectivity index (χ1v) is 7.80. The maximum absolute atomic E-state index is 9.57. The van der Waals surface area contributed by atoms with Crippen molar-refractivity contribution in [3.05, 3.63) is 29.3 Å². The van der Waals surface area contributed by atoms with Gasteiger partial charge in [0.05, 0.1) is 22.9 Å². The molecule has 2 aromatic rings. The van der Waals surface area contributed by atoms with Gasteiger partial charge < -0.3 is 5.11 Å². The molecule has 0 spiro atoms. The van der Waals surface area contributed by atoms with Crippen molar-refractivity contribution in [1.82, 2.24) is 9.88 Å². The van der Waals surface area contributed by atoms with E-state index in [9.17, 15) is 5.11 Å². The molecule has 1 aromatic heterocycles. The van der Waals surface area contributed by atoms with E-state index in [4.69, 9.17) is 4.98 Å². The Balaban J connectivity index is 1.73. The van der Waals surface area contributed by atoms with Crippen LogP contribution < -0.4 is 0 Å². The normalized spacial score (nSPS) is 22.1. The first-order valence-electron chi connectivity index (χ1n) is 6.99. The standard InChI is InChI=1S/C15H20N2OS/c1-11(18)9-12-5-4-8-17(12)10-15-16-13-6-2-3-7-14(13)19-15/h2-3,6-7,11-12,18H,4-5,8-10H2,1H3. The summed E-state index contributed by atoms with van der Waals surface area (Å²) in [5.41, 5.74) is 1.11. The van der Waals surface area contributed by atoms with E-state index in [-0.39, 0.29) is 6.10 Å². The fourth-order valence-electron chi connectivity index (χ4n) is 2.93. The van der Waals surface area contributed by atoms with Crippen molar-refractivity contribution in [2.24, 2.45) is 0 Å². The third-order valence-corrected chi connectivity index (χ3v) is 4.81. The van der Waals surface area contributed by atoms with Gasteiger partial charge in [-0.05, 0) is 44.9 Å². The second kappa shape index (κ2) is 5.57. The highest BCUT2D eigenvalue weighted by atomic mass is 32.1. The number of benzene rings is 1. The fourth-order valence-corrected chi connectivity index (χ4v) is 3.92. The Morgan fingerprint density at radius 3 is 3.11 bits per heavy atom. The van der Waals surface area contributed by atoms with Crippen molar-refractivity contribution in [2.75, 3.05) is 6.54 Å². The van der Waals surface area contributed by atoms with E-state index in [2.05, 4.69) is 23.1 Å². The number of para-hydroxylation sites is 1. The van der Waals surface area contributed by atoms with Crippen LogP contribution in [0.3, 0.4) is 0 Å². The van der Waals surface area contributed by atoms with Crippen molar-refractivity contribution in [2.45, 2.75) is 44.9 Å². The quantitative estimate of drug-likeness (QED) is 0.932. The van der Waals surface area contributed by atoms with Crippen LogP contribution in [0.25, 0.3) is 10.2 Å². The zero-order valence-corrected chi connectivity index (χ0v) is 12.1. The van der Waals surface area contributed by atoms with Crippen molar-refractivity contribution in [3.8, 4) is 0 Å². The number of likely N-dealkylation sites (tertiary alicyclic amines) is 1. The first kappa shape index (κ1) is 13.0. The Morgan fingerprint density at radius 1 is 1.47 bits per heavy atom. The molecule has 102 valence electrons. The maximum atomic E-state index is 9.57. The molecule has 4 heteroatoms. The third kappa shape index (κ3) is 2.96. The van der Waals surface area contributed by atoms with Crippen LogP contribution in [0.15, 0.2) is 24.3 Å². The molecule has 0 bridgehead atoms. The van der Waals surface area contributed by atoms with Gasteiger partial charge in [-0.2, -0.15) is 0 Å². The predicted octanol–water partition coefficient (Wildman–Crippen LogP) is 3.03. The summed E-state index contributed by atoms with van der Waals surface area (Å²) in [6.07, 6.45) is 3.11. The summed E-state index contributed by atoms with van der Waals surface area (Å²) in [4.78, 5) is 7.18. The van der Waals surface area contributed by atoms with Crippen LogP contribution >= 0.6 is 11.3 Å². The molecule has 1 aliphatic rings. The van der Waals surface area contributed by atoms with Crippen molar-refractivity contribution < 1.29 is 5.11 Å². The monoisotopic (exact) mass is 276 g/mol. The SMILES string of the molecule is CC(O)CC1CCCN1Cc1nc2ccccc2s1. The average molecular weight is 276 g/mol. The molecule has 2 heterocycles. The molecule has 1 fully saturated rings. The van der Waals surface area contributed by atoms with Crippen molar-refractivity contribution >= 4 is 21.6 Å². The number of aliphatic hydroxyl groups excluding tert-OH is 1. The summed E-state index contributed by atoms with van der Waals surface area (Å²) in [7, 11) is 0. The van der Waals surface area contributed by atoms with Crippen LogP contribution in [-0.2, 0) is 6.54 Å². The van der Waals surface area contributed by atoms with Crippen molar-refractivity contribution in [3.63, 3.8) is 0 Å². The molecule has 1 aliphatic heterocycles. The van der Waals surface area contributed by atoms with Gasteiger partial charge in [0.25, 0.3) is 0 Å². The second-order valence-electron chi connectivity index (χ2n) is 5.43. The molecule has 19 heavy (non-hydrogen) atoms. The summed E-state index contributed by atoms with van der Waals surface area (Å²) >= 11 is 1.79. The molecule has 0 amide bonds. The highest BCUT2D eigenvalue weighted by molar-refractivity contribution is 7.18. The number of fused-ring (bicyclic) bond motifs is 1. The molecular formula is C15H20N2OS. The number of rotatable bonds is 4. The Bertz CT molecular complexity index is 519. The van der Waals surface area contributed by atoms with Crippen LogP contribution in [0.4, 0.5) is 0 Å². The second-order valence-corrected chi connectivity index (χ2v) is 6.54. The van der Waals surface area contributed by atoms with Gasteiger partial charge in [0, 0.05) is 6.04 Å². The molecule has 0 saturated carbocycles. The van der Waals surface area contributed by atoms with E-state index >= 15 is 0 Å². The van der Waals surface area contributed by atoms with E-state index in [0.717, 1.165) is 25.0 Å². The number of thiazole rings is 1. The third-order valence-electron chi connectivity index (χ3n) is 3.79. The number of hydrogen-bond acceptors (Lipinski definition) is 4. The molecule has 3 nitrogen and oxygen atoms in total. The zero-order chi connectivity index (χ0) is 13.2. The van der Waals surface area contributed by atoms with E-state index in [1.54, 1.807) is 11.3 Å².